The third-order valence-electron chi connectivity index (χ3n) is 1.63. The third-order valence-corrected chi connectivity index (χ3v) is 1.63. The van der Waals surface area contributed by atoms with Gasteiger partial charge in [0.05, 0.1) is 0 Å². The van der Waals surface area contributed by atoms with Gasteiger partial charge in [0, 0.05) is 0 Å². The Hall–Kier alpha value is -1.04. The maximum Gasteiger partial charge on any atom is -0.00759 e. The minimum Gasteiger partial charge on any atom is -0.0955 e. The summed E-state index contributed by atoms with van der Waals surface area (Å²) in [4.78, 5) is 0. The molecule has 0 heterocycles. The van der Waals surface area contributed by atoms with E-state index in [0.717, 1.165) is 12.0 Å². The van der Waals surface area contributed by atoms with E-state index in [0.29, 0.717) is 0 Å². The molecule has 0 amide bonds. The average Bonchev–Trinajstić information content (AvgIpc) is 2.05. The zero-order valence-corrected chi connectivity index (χ0v) is 8.30. The van der Waals surface area contributed by atoms with Crippen LogP contribution in [0.25, 0.3) is 0 Å². The molecule has 0 heteroatoms. The Labute approximate surface area is 76.0 Å². The highest BCUT2D eigenvalue weighted by Gasteiger charge is 1.88. The van der Waals surface area contributed by atoms with Crippen LogP contribution < -0.4 is 0 Å². The summed E-state index contributed by atoms with van der Waals surface area (Å²) in [6.07, 6.45) is 11.2. The van der Waals surface area contributed by atoms with Crippen molar-refractivity contribution >= 4 is 0 Å². The lowest BCUT2D eigenvalue weighted by Crippen LogP contribution is -1.78. The highest BCUT2D eigenvalue weighted by Crippen LogP contribution is 2.09. The monoisotopic (exact) mass is 162 g/mol. The number of rotatable bonds is 4. The van der Waals surface area contributed by atoms with Crippen molar-refractivity contribution in [1.82, 2.24) is 0 Å². The van der Waals surface area contributed by atoms with Gasteiger partial charge in [-0.05, 0) is 27.2 Å². The zero-order chi connectivity index (χ0) is 9.40. The highest BCUT2D eigenvalue weighted by molar-refractivity contribution is 5.23. The van der Waals surface area contributed by atoms with E-state index >= 15 is 0 Å². The van der Waals surface area contributed by atoms with Gasteiger partial charge >= 0.3 is 0 Å². The molecule has 0 fully saturated rings. The summed E-state index contributed by atoms with van der Waals surface area (Å²) in [7, 11) is 0. The molecular formula is C12H18. The van der Waals surface area contributed by atoms with Gasteiger partial charge in [0.15, 0.2) is 0 Å². The number of allylic oxidation sites excluding steroid dienone is 7. The van der Waals surface area contributed by atoms with Crippen LogP contribution in [-0.2, 0) is 0 Å². The van der Waals surface area contributed by atoms with Crippen LogP contribution in [0.1, 0.15) is 27.2 Å². The molecule has 0 atom stereocenters. The second kappa shape index (κ2) is 6.66. The van der Waals surface area contributed by atoms with Crippen molar-refractivity contribution in [2.24, 2.45) is 0 Å². The van der Waals surface area contributed by atoms with Crippen LogP contribution in [0, 0.1) is 0 Å². The molecule has 0 aromatic heterocycles. The lowest BCUT2D eigenvalue weighted by molar-refractivity contribution is 1.15. The van der Waals surface area contributed by atoms with Crippen LogP contribution >= 0.6 is 0 Å². The van der Waals surface area contributed by atoms with Gasteiger partial charge in [0.1, 0.15) is 0 Å². The third kappa shape index (κ3) is 5.72. The van der Waals surface area contributed by atoms with Crippen LogP contribution in [-0.4, -0.2) is 0 Å². The standard InChI is InChI=1S/C12H18/c1-5-7-8-9-12(4)10-11(3)6-2/h5-9H,4,10H2,1-3H3/b7-5-,9-8-,11-6+. The van der Waals surface area contributed by atoms with Crippen molar-refractivity contribution in [3.8, 4) is 0 Å². The van der Waals surface area contributed by atoms with Crippen LogP contribution in [0.2, 0.25) is 0 Å². The predicted molar refractivity (Wildman–Crippen MR) is 57.1 cm³/mol. The quantitative estimate of drug-likeness (QED) is 0.432. The molecule has 0 aliphatic carbocycles. The van der Waals surface area contributed by atoms with Crippen molar-refractivity contribution in [3.05, 3.63) is 48.1 Å². The first kappa shape index (κ1) is 11.0. The van der Waals surface area contributed by atoms with Crippen LogP contribution in [0.15, 0.2) is 48.1 Å². The van der Waals surface area contributed by atoms with Crippen LogP contribution in [0.5, 0.6) is 0 Å². The molecule has 0 aromatic carbocycles. The molecule has 12 heavy (non-hydrogen) atoms. The predicted octanol–water partition coefficient (Wildman–Crippen LogP) is 4.03. The first-order chi connectivity index (χ1) is 5.70. The lowest BCUT2D eigenvalue weighted by atomic mass is 10.1. The Morgan fingerprint density at radius 1 is 1.25 bits per heavy atom. The normalized spacial score (nSPS) is 13.1. The second-order valence-electron chi connectivity index (χ2n) is 2.85. The first-order valence-corrected chi connectivity index (χ1v) is 4.29. The summed E-state index contributed by atoms with van der Waals surface area (Å²) < 4.78 is 0. The van der Waals surface area contributed by atoms with Crippen molar-refractivity contribution < 1.29 is 0 Å². The molecule has 0 radical (unpaired) electrons. The Kier molecular flexibility index (Phi) is 6.08. The summed E-state index contributed by atoms with van der Waals surface area (Å²) >= 11 is 0. The molecule has 0 nitrogen and oxygen atoms in total. The smallest absolute Gasteiger partial charge is 0.00759 e. The van der Waals surface area contributed by atoms with Gasteiger partial charge in [-0.3, -0.25) is 0 Å². The van der Waals surface area contributed by atoms with Gasteiger partial charge in [-0.1, -0.05) is 48.1 Å². The van der Waals surface area contributed by atoms with Crippen LogP contribution in [0.4, 0.5) is 0 Å². The topological polar surface area (TPSA) is 0 Å². The molecule has 0 aliphatic rings. The van der Waals surface area contributed by atoms with Gasteiger partial charge in [-0.15, -0.1) is 0 Å². The minimum atomic E-state index is 0.977. The van der Waals surface area contributed by atoms with Gasteiger partial charge < -0.3 is 0 Å². The van der Waals surface area contributed by atoms with Gasteiger partial charge in [0.2, 0.25) is 0 Å². The molecule has 0 aromatic rings. The summed E-state index contributed by atoms with van der Waals surface area (Å²) in [6.45, 7) is 10.1. The van der Waals surface area contributed by atoms with Gasteiger partial charge in [0.25, 0.3) is 0 Å². The molecular weight excluding hydrogens is 144 g/mol. The van der Waals surface area contributed by atoms with Crippen molar-refractivity contribution in [2.45, 2.75) is 27.2 Å². The molecule has 0 rings (SSSR count). The highest BCUT2D eigenvalue weighted by atomic mass is 13.9. The zero-order valence-electron chi connectivity index (χ0n) is 8.30. The van der Waals surface area contributed by atoms with Crippen molar-refractivity contribution in [2.75, 3.05) is 0 Å². The Morgan fingerprint density at radius 3 is 2.42 bits per heavy atom. The fraction of sp³-hybridized carbons (Fsp3) is 0.333. The Morgan fingerprint density at radius 2 is 1.92 bits per heavy atom. The van der Waals surface area contributed by atoms with Crippen molar-refractivity contribution in [3.63, 3.8) is 0 Å². The summed E-state index contributed by atoms with van der Waals surface area (Å²) in [6, 6.07) is 0. The summed E-state index contributed by atoms with van der Waals surface area (Å²) in [5.41, 5.74) is 2.52. The van der Waals surface area contributed by atoms with E-state index in [2.05, 4.69) is 26.5 Å². The molecule has 66 valence electrons. The molecule has 0 saturated carbocycles. The van der Waals surface area contributed by atoms with Gasteiger partial charge in [-0.25, -0.2) is 0 Å². The van der Waals surface area contributed by atoms with E-state index in [1.165, 1.54) is 5.57 Å². The molecule has 0 bridgehead atoms. The fourth-order valence-electron chi connectivity index (χ4n) is 0.822. The SMILES string of the molecule is C=C(/C=C\C=C/C)C/C(C)=C/C. The molecule has 0 aliphatic heterocycles. The fourth-order valence-corrected chi connectivity index (χ4v) is 0.822. The van der Waals surface area contributed by atoms with E-state index < -0.39 is 0 Å². The van der Waals surface area contributed by atoms with E-state index in [1.807, 2.05) is 31.2 Å². The maximum atomic E-state index is 3.95. The molecule has 0 saturated heterocycles. The second-order valence-corrected chi connectivity index (χ2v) is 2.85. The van der Waals surface area contributed by atoms with E-state index in [1.54, 1.807) is 0 Å². The van der Waals surface area contributed by atoms with E-state index in [-0.39, 0.29) is 0 Å². The minimum absolute atomic E-state index is 0.977. The number of hydrogen-bond acceptors (Lipinski definition) is 0. The molecule has 0 N–H and O–H groups in total. The summed E-state index contributed by atoms with van der Waals surface area (Å²) in [5.74, 6) is 0. The Balaban J connectivity index is 3.90. The average molecular weight is 162 g/mol. The van der Waals surface area contributed by atoms with E-state index in [9.17, 15) is 0 Å². The van der Waals surface area contributed by atoms with Gasteiger partial charge in [-0.2, -0.15) is 0 Å². The van der Waals surface area contributed by atoms with Crippen molar-refractivity contribution in [1.29, 1.82) is 0 Å². The molecule has 0 unspecified atom stereocenters. The number of hydrogen-bond donors (Lipinski definition) is 0. The Bertz CT molecular complexity index is 214. The maximum absolute atomic E-state index is 3.95. The molecule has 0 spiro atoms. The first-order valence-electron chi connectivity index (χ1n) is 4.29. The summed E-state index contributed by atoms with van der Waals surface area (Å²) in [5, 5.41) is 0. The van der Waals surface area contributed by atoms with Crippen LogP contribution in [0.3, 0.4) is 0 Å². The largest absolute Gasteiger partial charge is 0.0955 e. The van der Waals surface area contributed by atoms with E-state index in [4.69, 9.17) is 0 Å². The lowest BCUT2D eigenvalue weighted by Gasteiger charge is -1.98.